The van der Waals surface area contributed by atoms with Crippen LogP contribution in [0.5, 0.6) is 5.75 Å². The monoisotopic (exact) mass is 342 g/mol. The number of hydrogen-bond donors (Lipinski definition) is 1. The molecule has 1 aliphatic rings. The average Bonchev–Trinajstić information content (AvgIpc) is 2.48. The zero-order valence-corrected chi connectivity index (χ0v) is 13.8. The Morgan fingerprint density at radius 1 is 1.50 bits per heavy atom. The van der Waals surface area contributed by atoms with E-state index in [1.54, 1.807) is 7.11 Å². The Morgan fingerprint density at radius 3 is 3.10 bits per heavy atom. The highest BCUT2D eigenvalue weighted by Gasteiger charge is 2.23. The molecule has 1 heterocycles. The van der Waals surface area contributed by atoms with E-state index in [-0.39, 0.29) is 0 Å². The van der Waals surface area contributed by atoms with Crippen LogP contribution in [0.3, 0.4) is 0 Å². The van der Waals surface area contributed by atoms with Crippen LogP contribution in [0.25, 0.3) is 0 Å². The highest BCUT2D eigenvalue weighted by molar-refractivity contribution is 9.10. The molecule has 1 fully saturated rings. The van der Waals surface area contributed by atoms with Crippen LogP contribution in [0.2, 0.25) is 0 Å². The van der Waals surface area contributed by atoms with Gasteiger partial charge in [0.15, 0.2) is 0 Å². The zero-order chi connectivity index (χ0) is 14.4. The molecule has 0 bridgehead atoms. The van der Waals surface area contributed by atoms with Crippen LogP contribution in [0.4, 0.5) is 0 Å². The number of nitrogens with one attached hydrogen (secondary N) is 1. The Balaban J connectivity index is 2.05. The van der Waals surface area contributed by atoms with Crippen molar-refractivity contribution in [3.05, 3.63) is 28.2 Å². The smallest absolute Gasteiger partial charge is 0.119 e. The number of halogens is 1. The van der Waals surface area contributed by atoms with Crippen LogP contribution in [0.15, 0.2) is 22.7 Å². The summed E-state index contributed by atoms with van der Waals surface area (Å²) < 4.78 is 12.0. The summed E-state index contributed by atoms with van der Waals surface area (Å²) in [6.45, 7) is 7.59. The van der Waals surface area contributed by atoms with Gasteiger partial charge in [-0.05, 0) is 30.3 Å². The van der Waals surface area contributed by atoms with Gasteiger partial charge in [-0.2, -0.15) is 0 Å². The van der Waals surface area contributed by atoms with Crippen molar-refractivity contribution in [1.82, 2.24) is 10.2 Å². The molecule has 2 rings (SSSR count). The van der Waals surface area contributed by atoms with Crippen LogP contribution in [0, 0.1) is 0 Å². The fraction of sp³-hybridized carbons (Fsp3) is 0.600. The van der Waals surface area contributed by atoms with Gasteiger partial charge in [0.2, 0.25) is 0 Å². The fourth-order valence-corrected chi connectivity index (χ4v) is 2.79. The Morgan fingerprint density at radius 2 is 2.35 bits per heavy atom. The van der Waals surface area contributed by atoms with E-state index >= 15 is 0 Å². The van der Waals surface area contributed by atoms with E-state index in [0.29, 0.717) is 6.04 Å². The number of morpholine rings is 1. The number of hydrogen-bond acceptors (Lipinski definition) is 4. The quantitative estimate of drug-likeness (QED) is 0.859. The molecular weight excluding hydrogens is 320 g/mol. The van der Waals surface area contributed by atoms with E-state index < -0.39 is 0 Å². The zero-order valence-electron chi connectivity index (χ0n) is 12.2. The van der Waals surface area contributed by atoms with Crippen molar-refractivity contribution in [2.45, 2.75) is 19.5 Å². The summed E-state index contributed by atoms with van der Waals surface area (Å²) in [7, 11) is 1.70. The van der Waals surface area contributed by atoms with E-state index in [4.69, 9.17) is 9.47 Å². The maximum Gasteiger partial charge on any atom is 0.119 e. The molecule has 0 aliphatic carbocycles. The van der Waals surface area contributed by atoms with E-state index in [9.17, 15) is 0 Å². The first-order valence-corrected chi connectivity index (χ1v) is 7.88. The minimum atomic E-state index is 0.432. The van der Waals surface area contributed by atoms with Crippen molar-refractivity contribution in [1.29, 1.82) is 0 Å². The topological polar surface area (TPSA) is 33.7 Å². The Labute approximate surface area is 129 Å². The third-order valence-electron chi connectivity index (χ3n) is 3.61. The molecule has 0 radical (unpaired) electrons. The van der Waals surface area contributed by atoms with Crippen molar-refractivity contribution < 1.29 is 9.47 Å². The van der Waals surface area contributed by atoms with E-state index in [2.05, 4.69) is 39.1 Å². The van der Waals surface area contributed by atoms with Gasteiger partial charge in [-0.25, -0.2) is 0 Å². The number of rotatable bonds is 6. The number of methoxy groups -OCH3 is 1. The second-order valence-electron chi connectivity index (χ2n) is 4.96. The summed E-state index contributed by atoms with van der Waals surface area (Å²) in [4.78, 5) is 2.48. The molecule has 1 saturated heterocycles. The second-order valence-corrected chi connectivity index (χ2v) is 5.82. The van der Waals surface area contributed by atoms with Crippen molar-refractivity contribution in [2.24, 2.45) is 0 Å². The number of likely N-dealkylation sites (N-methyl/N-ethyl adjacent to an activating group) is 1. The van der Waals surface area contributed by atoms with E-state index in [0.717, 1.165) is 49.6 Å². The average molecular weight is 343 g/mol. The van der Waals surface area contributed by atoms with Crippen LogP contribution in [0.1, 0.15) is 12.5 Å². The van der Waals surface area contributed by atoms with Gasteiger partial charge in [-0.1, -0.05) is 22.9 Å². The fourth-order valence-electron chi connectivity index (χ4n) is 2.41. The predicted molar refractivity (Wildman–Crippen MR) is 84.3 cm³/mol. The lowest BCUT2D eigenvalue weighted by Crippen LogP contribution is -2.49. The van der Waals surface area contributed by atoms with Gasteiger partial charge in [-0.3, -0.25) is 4.90 Å². The minimum Gasteiger partial charge on any atom is -0.497 e. The minimum absolute atomic E-state index is 0.432. The molecule has 0 saturated carbocycles. The second kappa shape index (κ2) is 7.98. The van der Waals surface area contributed by atoms with Crippen molar-refractivity contribution in [3.63, 3.8) is 0 Å². The maximum atomic E-state index is 5.60. The summed E-state index contributed by atoms with van der Waals surface area (Å²) in [6, 6.07) is 6.56. The molecule has 1 aliphatic heterocycles. The first-order valence-electron chi connectivity index (χ1n) is 7.09. The predicted octanol–water partition coefficient (Wildman–Crippen LogP) is 2.27. The van der Waals surface area contributed by atoms with Gasteiger partial charge in [0, 0.05) is 30.1 Å². The third-order valence-corrected chi connectivity index (χ3v) is 4.38. The van der Waals surface area contributed by atoms with Crippen LogP contribution in [-0.4, -0.2) is 50.9 Å². The number of benzene rings is 1. The molecule has 1 atom stereocenters. The summed E-state index contributed by atoms with van der Waals surface area (Å²) in [5.41, 5.74) is 1.26. The first-order chi connectivity index (χ1) is 9.74. The number of ether oxygens (including phenoxy) is 2. The van der Waals surface area contributed by atoms with Gasteiger partial charge in [0.05, 0.1) is 20.3 Å². The molecule has 20 heavy (non-hydrogen) atoms. The molecule has 0 amide bonds. The third kappa shape index (κ3) is 4.19. The summed E-state index contributed by atoms with van der Waals surface area (Å²) in [6.07, 6.45) is 0. The normalized spacial score (nSPS) is 20.1. The summed E-state index contributed by atoms with van der Waals surface area (Å²) in [5, 5.41) is 3.41. The summed E-state index contributed by atoms with van der Waals surface area (Å²) >= 11 is 3.63. The van der Waals surface area contributed by atoms with Gasteiger partial charge in [0.1, 0.15) is 5.75 Å². The molecule has 1 N–H and O–H groups in total. The molecule has 1 aromatic carbocycles. The lowest BCUT2D eigenvalue weighted by atomic mass is 10.1. The largest absolute Gasteiger partial charge is 0.497 e. The molecule has 4 nitrogen and oxygen atoms in total. The van der Waals surface area contributed by atoms with E-state index in [1.807, 2.05) is 12.1 Å². The molecule has 5 heteroatoms. The molecule has 1 aromatic rings. The lowest BCUT2D eigenvalue weighted by molar-refractivity contribution is -0.0108. The molecule has 1 unspecified atom stereocenters. The lowest BCUT2D eigenvalue weighted by Gasteiger charge is -2.36. The Bertz CT molecular complexity index is 428. The molecule has 0 aromatic heterocycles. The Hall–Kier alpha value is -0.620. The van der Waals surface area contributed by atoms with Gasteiger partial charge in [-0.15, -0.1) is 0 Å². The maximum absolute atomic E-state index is 5.60. The SMILES string of the molecule is CCNCC1COCCN1Cc1cc(OC)ccc1Br. The highest BCUT2D eigenvalue weighted by Crippen LogP contribution is 2.25. The standard InChI is InChI=1S/C15H23BrN2O2/c1-3-17-9-13-11-20-7-6-18(13)10-12-8-14(19-2)4-5-15(12)16/h4-5,8,13,17H,3,6-7,9-11H2,1-2H3. The molecule has 112 valence electrons. The molecule has 0 spiro atoms. The van der Waals surface area contributed by atoms with Crippen LogP contribution < -0.4 is 10.1 Å². The van der Waals surface area contributed by atoms with Gasteiger partial charge < -0.3 is 14.8 Å². The molecular formula is C15H23BrN2O2. The van der Waals surface area contributed by atoms with Crippen molar-refractivity contribution in [2.75, 3.05) is 40.0 Å². The summed E-state index contributed by atoms with van der Waals surface area (Å²) in [5.74, 6) is 0.902. The van der Waals surface area contributed by atoms with Crippen molar-refractivity contribution >= 4 is 15.9 Å². The van der Waals surface area contributed by atoms with E-state index in [1.165, 1.54) is 5.56 Å². The van der Waals surface area contributed by atoms with Gasteiger partial charge in [0.25, 0.3) is 0 Å². The van der Waals surface area contributed by atoms with Crippen LogP contribution in [-0.2, 0) is 11.3 Å². The first kappa shape index (κ1) is 15.8. The highest BCUT2D eigenvalue weighted by atomic mass is 79.9. The number of nitrogens with zero attached hydrogens (tertiary/aromatic N) is 1. The van der Waals surface area contributed by atoms with Crippen LogP contribution >= 0.6 is 15.9 Å². The van der Waals surface area contributed by atoms with Gasteiger partial charge >= 0.3 is 0 Å². The van der Waals surface area contributed by atoms with Crippen molar-refractivity contribution in [3.8, 4) is 5.75 Å². The Kier molecular flexibility index (Phi) is 6.29.